The average molecular weight is 614 g/mol. The fourth-order valence-corrected chi connectivity index (χ4v) is 6.30. The molecule has 0 bridgehead atoms. The molecule has 11 nitrogen and oxygen atoms in total. The van der Waals surface area contributed by atoms with Crippen LogP contribution in [0.25, 0.3) is 22.1 Å². The zero-order chi connectivity index (χ0) is 30.8. The number of anilines is 2. The average Bonchev–Trinajstić information content (AvgIpc) is 3.29. The number of carbonyl (C=O) groups excluding carboxylic acids is 1. The molecule has 0 aliphatic rings. The summed E-state index contributed by atoms with van der Waals surface area (Å²) in [4.78, 5) is 24.4. The van der Waals surface area contributed by atoms with Crippen LogP contribution in [-0.4, -0.2) is 45.6 Å². The summed E-state index contributed by atoms with van der Waals surface area (Å²) in [6.07, 6.45) is 0. The third kappa shape index (κ3) is 6.64. The maximum Gasteiger partial charge on any atom is 0.322 e. The first-order chi connectivity index (χ1) is 19.7. The van der Waals surface area contributed by atoms with E-state index in [0.717, 1.165) is 5.56 Å². The number of hydrogen-bond acceptors (Lipinski definition) is 7. The van der Waals surface area contributed by atoms with Gasteiger partial charge in [-0.25, -0.2) is 16.8 Å². The summed E-state index contributed by atoms with van der Waals surface area (Å²) in [5.41, 5.74) is 3.13. The molecule has 42 heavy (non-hydrogen) atoms. The van der Waals surface area contributed by atoms with Gasteiger partial charge < -0.3 is 14.8 Å². The lowest BCUT2D eigenvalue weighted by Gasteiger charge is -2.18. The van der Waals surface area contributed by atoms with Crippen LogP contribution in [0.15, 0.2) is 76.0 Å². The van der Waals surface area contributed by atoms with Crippen molar-refractivity contribution in [3.8, 4) is 11.1 Å². The number of sulfonamides is 2. The van der Waals surface area contributed by atoms with Crippen LogP contribution in [0.4, 0.5) is 11.4 Å². The van der Waals surface area contributed by atoms with Crippen molar-refractivity contribution < 1.29 is 35.9 Å². The molecule has 0 radical (unpaired) electrons. The summed E-state index contributed by atoms with van der Waals surface area (Å²) in [5, 5.41) is 12.6. The number of aryl methyl sites for hydroxylation is 1. The van der Waals surface area contributed by atoms with E-state index in [1.807, 2.05) is 0 Å². The van der Waals surface area contributed by atoms with Crippen molar-refractivity contribution in [3.63, 3.8) is 0 Å². The van der Waals surface area contributed by atoms with Crippen molar-refractivity contribution in [3.05, 3.63) is 78.1 Å². The third-order valence-corrected chi connectivity index (χ3v) is 9.41. The van der Waals surface area contributed by atoms with Gasteiger partial charge in [0.25, 0.3) is 5.91 Å². The predicted molar refractivity (Wildman–Crippen MR) is 160 cm³/mol. The Morgan fingerprint density at radius 2 is 1.50 bits per heavy atom. The maximum atomic E-state index is 13.1. The first kappa shape index (κ1) is 30.8. The van der Waals surface area contributed by atoms with E-state index < -0.39 is 43.9 Å². The highest BCUT2D eigenvalue weighted by Crippen LogP contribution is 2.33. The van der Waals surface area contributed by atoms with Gasteiger partial charge in [-0.2, -0.15) is 4.72 Å². The monoisotopic (exact) mass is 613 g/mol. The first-order valence-electron chi connectivity index (χ1n) is 13.0. The second-order valence-corrected chi connectivity index (χ2v) is 13.7. The molecule has 1 aromatic heterocycles. The Hall–Kier alpha value is -4.20. The summed E-state index contributed by atoms with van der Waals surface area (Å²) in [5.74, 6) is -2.26. The highest BCUT2D eigenvalue weighted by molar-refractivity contribution is 7.92. The topological polar surface area (TPSA) is 172 Å². The van der Waals surface area contributed by atoms with Gasteiger partial charge in [-0.1, -0.05) is 44.2 Å². The zero-order valence-corrected chi connectivity index (χ0v) is 25.0. The number of carboxylic acid groups (broad SMARTS) is 1. The molecule has 0 unspecified atom stereocenters. The SMILES string of the molecule is CCS(=O)(=O)Nc1cccc2oc(C(=O)Nc3ccc(-c4ccc(S(=O)(=O)N[C@H](C(=O)O)C(C)C)cc4)cc3)c(C)c12. The van der Waals surface area contributed by atoms with E-state index in [2.05, 4.69) is 14.8 Å². The Morgan fingerprint density at radius 3 is 2.05 bits per heavy atom. The first-order valence-corrected chi connectivity index (χ1v) is 16.2. The standard InChI is InChI=1S/C29H31N3O8S2/c1-5-41(36,37)31-23-7-6-8-24-25(23)18(4)27(40-24)28(33)30-21-13-9-19(10-14-21)20-11-15-22(16-12-20)42(38,39)32-26(17(2)3)29(34)35/h6-17,26,31-32H,5H2,1-4H3,(H,30,33)(H,34,35)/t26-/m0/s1. The Kier molecular flexibility index (Phi) is 8.76. The molecule has 222 valence electrons. The van der Waals surface area contributed by atoms with Crippen LogP contribution in [0.3, 0.4) is 0 Å². The molecule has 4 rings (SSSR count). The molecule has 1 amide bonds. The predicted octanol–water partition coefficient (Wildman–Crippen LogP) is 4.81. The van der Waals surface area contributed by atoms with Crippen molar-refractivity contribution in [1.29, 1.82) is 0 Å². The lowest BCUT2D eigenvalue weighted by Crippen LogP contribution is -2.44. The molecule has 13 heteroatoms. The molecule has 1 heterocycles. The molecule has 0 aliphatic heterocycles. The largest absolute Gasteiger partial charge is 0.480 e. The highest BCUT2D eigenvalue weighted by atomic mass is 32.2. The van der Waals surface area contributed by atoms with E-state index in [-0.39, 0.29) is 16.4 Å². The van der Waals surface area contributed by atoms with Gasteiger partial charge in [0, 0.05) is 16.6 Å². The van der Waals surface area contributed by atoms with E-state index in [0.29, 0.717) is 33.5 Å². The smallest absolute Gasteiger partial charge is 0.322 e. The summed E-state index contributed by atoms with van der Waals surface area (Å²) >= 11 is 0. The van der Waals surface area contributed by atoms with E-state index >= 15 is 0 Å². The summed E-state index contributed by atoms with van der Waals surface area (Å²) in [7, 11) is -7.58. The van der Waals surface area contributed by atoms with Crippen LogP contribution in [0, 0.1) is 12.8 Å². The third-order valence-electron chi connectivity index (χ3n) is 6.66. The van der Waals surface area contributed by atoms with Gasteiger partial charge in [0.15, 0.2) is 5.76 Å². The summed E-state index contributed by atoms with van der Waals surface area (Å²) < 4.78 is 60.1. The number of benzene rings is 3. The van der Waals surface area contributed by atoms with Gasteiger partial charge >= 0.3 is 5.97 Å². The van der Waals surface area contributed by atoms with Gasteiger partial charge in [-0.3, -0.25) is 14.3 Å². The Bertz CT molecular complexity index is 1850. The quantitative estimate of drug-likeness (QED) is 0.187. The van der Waals surface area contributed by atoms with E-state index in [1.165, 1.54) is 19.1 Å². The Balaban J connectivity index is 1.50. The highest BCUT2D eigenvalue weighted by Gasteiger charge is 2.28. The number of aliphatic carboxylic acids is 1. The number of amides is 1. The summed E-state index contributed by atoms with van der Waals surface area (Å²) in [6, 6.07) is 16.5. The fourth-order valence-electron chi connectivity index (χ4n) is 4.31. The number of carboxylic acids is 1. The minimum atomic E-state index is -4.04. The molecule has 0 saturated heterocycles. The minimum Gasteiger partial charge on any atom is -0.480 e. The molecule has 0 saturated carbocycles. The van der Waals surface area contributed by atoms with E-state index in [1.54, 1.807) is 75.4 Å². The molecule has 4 N–H and O–H groups in total. The van der Waals surface area contributed by atoms with Crippen molar-refractivity contribution in [2.24, 2.45) is 5.92 Å². The van der Waals surface area contributed by atoms with E-state index in [9.17, 15) is 31.5 Å². The van der Waals surface area contributed by atoms with Crippen LogP contribution in [0.1, 0.15) is 36.9 Å². The summed E-state index contributed by atoms with van der Waals surface area (Å²) in [6.45, 7) is 6.44. The van der Waals surface area contributed by atoms with Crippen molar-refractivity contribution in [2.75, 3.05) is 15.8 Å². The van der Waals surface area contributed by atoms with Gasteiger partial charge in [0.1, 0.15) is 11.6 Å². The second-order valence-electron chi connectivity index (χ2n) is 9.98. The van der Waals surface area contributed by atoms with Gasteiger partial charge in [0.05, 0.1) is 16.3 Å². The normalized spacial score (nSPS) is 12.8. The van der Waals surface area contributed by atoms with Gasteiger partial charge in [-0.05, 0) is 67.3 Å². The van der Waals surface area contributed by atoms with Crippen molar-refractivity contribution >= 4 is 54.3 Å². The van der Waals surface area contributed by atoms with Crippen LogP contribution < -0.4 is 14.8 Å². The molecule has 0 aliphatic carbocycles. The molecular weight excluding hydrogens is 582 g/mol. The number of nitrogens with one attached hydrogen (secondary N) is 3. The van der Waals surface area contributed by atoms with Crippen LogP contribution >= 0.6 is 0 Å². The van der Waals surface area contributed by atoms with Crippen molar-refractivity contribution in [2.45, 2.75) is 38.6 Å². The van der Waals surface area contributed by atoms with Crippen LogP contribution in [-0.2, 0) is 24.8 Å². The number of carbonyl (C=O) groups is 2. The molecule has 0 spiro atoms. The molecule has 3 aromatic carbocycles. The molecular formula is C29H31N3O8S2. The number of hydrogen-bond donors (Lipinski definition) is 4. The number of furan rings is 1. The minimum absolute atomic E-state index is 0.0465. The lowest BCUT2D eigenvalue weighted by molar-refractivity contribution is -0.140. The lowest BCUT2D eigenvalue weighted by atomic mass is 10.1. The molecule has 0 fully saturated rings. The Labute approximate surface area is 244 Å². The number of rotatable bonds is 11. The maximum absolute atomic E-state index is 13.1. The molecule has 1 atom stereocenters. The Morgan fingerprint density at radius 1 is 0.905 bits per heavy atom. The van der Waals surface area contributed by atoms with Crippen molar-refractivity contribution in [1.82, 2.24) is 4.72 Å². The number of fused-ring (bicyclic) bond motifs is 1. The van der Waals surface area contributed by atoms with E-state index in [4.69, 9.17) is 4.42 Å². The van der Waals surface area contributed by atoms with Crippen LogP contribution in [0.2, 0.25) is 0 Å². The van der Waals surface area contributed by atoms with Crippen LogP contribution in [0.5, 0.6) is 0 Å². The fraction of sp³-hybridized carbons (Fsp3) is 0.241. The second kappa shape index (κ2) is 12.0. The zero-order valence-electron chi connectivity index (χ0n) is 23.3. The van der Waals surface area contributed by atoms with Gasteiger partial charge in [-0.15, -0.1) is 0 Å². The van der Waals surface area contributed by atoms with Gasteiger partial charge in [0.2, 0.25) is 20.0 Å². The molecule has 4 aromatic rings.